The van der Waals surface area contributed by atoms with Crippen LogP contribution >= 0.6 is 11.8 Å². The second kappa shape index (κ2) is 7.90. The summed E-state index contributed by atoms with van der Waals surface area (Å²) >= 11 is 0.690. The predicted molar refractivity (Wildman–Crippen MR) is 94.8 cm³/mol. The van der Waals surface area contributed by atoms with Gasteiger partial charge in [0.2, 0.25) is 11.7 Å². The Morgan fingerprint density at radius 1 is 1.03 bits per heavy atom. The number of halogens is 6. The summed E-state index contributed by atoms with van der Waals surface area (Å²) in [4.78, 5) is 19.3. The third kappa shape index (κ3) is 4.44. The van der Waals surface area contributed by atoms with Crippen molar-refractivity contribution in [1.29, 1.82) is 0 Å². The standard InChI is InChI=1S/C18H11F6N3OS/c1-8(15(28)25-12-7-6-10(19)13(20)14(12)21)29-16-9-4-2-3-5-11(9)26-17(27-16)18(22,23)24/h2-8H,1H3,(H,25,28)/t8-/m1/s1. The average molecular weight is 431 g/mol. The molecule has 0 aliphatic rings. The van der Waals surface area contributed by atoms with E-state index in [4.69, 9.17) is 0 Å². The molecule has 0 saturated carbocycles. The fraction of sp³-hybridized carbons (Fsp3) is 0.167. The van der Waals surface area contributed by atoms with Gasteiger partial charge in [-0.3, -0.25) is 4.79 Å². The van der Waals surface area contributed by atoms with Crippen LogP contribution in [0, 0.1) is 17.5 Å². The number of hydrogen-bond acceptors (Lipinski definition) is 4. The van der Waals surface area contributed by atoms with Crippen molar-refractivity contribution < 1.29 is 31.1 Å². The zero-order chi connectivity index (χ0) is 21.3. The normalized spacial score (nSPS) is 12.8. The van der Waals surface area contributed by atoms with E-state index in [1.54, 1.807) is 6.07 Å². The number of alkyl halides is 3. The average Bonchev–Trinajstić information content (AvgIpc) is 2.67. The Bertz CT molecular complexity index is 1090. The SMILES string of the molecule is C[C@@H](Sc1nc(C(F)(F)F)nc2ccccc12)C(=O)Nc1ccc(F)c(F)c1F. The summed E-state index contributed by atoms with van der Waals surface area (Å²) in [5.74, 6) is -6.95. The van der Waals surface area contributed by atoms with Crippen molar-refractivity contribution in [1.82, 2.24) is 9.97 Å². The monoisotopic (exact) mass is 431 g/mol. The maximum Gasteiger partial charge on any atom is 0.451 e. The Hall–Kier alpha value is -2.82. The number of thioether (sulfide) groups is 1. The molecule has 2 aromatic carbocycles. The van der Waals surface area contributed by atoms with E-state index in [9.17, 15) is 31.1 Å². The molecule has 0 saturated heterocycles. The van der Waals surface area contributed by atoms with Crippen LogP contribution in [0.25, 0.3) is 10.9 Å². The lowest BCUT2D eigenvalue weighted by atomic mass is 10.2. The van der Waals surface area contributed by atoms with Gasteiger partial charge < -0.3 is 5.32 Å². The molecular weight excluding hydrogens is 420 g/mol. The summed E-state index contributed by atoms with van der Waals surface area (Å²) < 4.78 is 79.2. The highest BCUT2D eigenvalue weighted by atomic mass is 32.2. The number of carbonyl (C=O) groups is 1. The van der Waals surface area contributed by atoms with Crippen LogP contribution in [0.4, 0.5) is 32.0 Å². The van der Waals surface area contributed by atoms with Crippen LogP contribution in [0.1, 0.15) is 12.7 Å². The number of nitrogens with zero attached hydrogens (tertiary/aromatic N) is 2. The lowest BCUT2D eigenvalue weighted by Gasteiger charge is -2.15. The minimum absolute atomic E-state index is 0.0385. The molecule has 1 N–H and O–H groups in total. The molecule has 0 aliphatic heterocycles. The fourth-order valence-electron chi connectivity index (χ4n) is 2.34. The third-order valence-corrected chi connectivity index (χ3v) is 4.87. The second-order valence-electron chi connectivity index (χ2n) is 5.84. The maximum absolute atomic E-state index is 13.7. The van der Waals surface area contributed by atoms with Gasteiger partial charge in [0, 0.05) is 5.39 Å². The highest BCUT2D eigenvalue weighted by Gasteiger charge is 2.36. The Morgan fingerprint density at radius 3 is 2.41 bits per heavy atom. The lowest BCUT2D eigenvalue weighted by Crippen LogP contribution is -2.23. The molecule has 0 unspecified atom stereocenters. The van der Waals surface area contributed by atoms with E-state index in [1.165, 1.54) is 25.1 Å². The van der Waals surface area contributed by atoms with Crippen molar-refractivity contribution in [2.24, 2.45) is 0 Å². The van der Waals surface area contributed by atoms with Crippen LogP contribution in [0.3, 0.4) is 0 Å². The van der Waals surface area contributed by atoms with Gasteiger partial charge in [-0.15, -0.1) is 0 Å². The minimum Gasteiger partial charge on any atom is -0.323 e. The van der Waals surface area contributed by atoms with E-state index in [1.807, 2.05) is 0 Å². The zero-order valence-electron chi connectivity index (χ0n) is 14.5. The van der Waals surface area contributed by atoms with E-state index >= 15 is 0 Å². The van der Waals surface area contributed by atoms with Crippen molar-refractivity contribution in [3.63, 3.8) is 0 Å². The minimum atomic E-state index is -4.79. The van der Waals surface area contributed by atoms with Crippen LogP contribution in [0.15, 0.2) is 41.4 Å². The Kier molecular flexibility index (Phi) is 5.69. The van der Waals surface area contributed by atoms with E-state index in [-0.39, 0.29) is 10.5 Å². The largest absolute Gasteiger partial charge is 0.451 e. The summed E-state index contributed by atoms with van der Waals surface area (Å²) in [5, 5.41) is 1.24. The highest BCUT2D eigenvalue weighted by Crippen LogP contribution is 2.34. The molecule has 3 aromatic rings. The number of hydrogen-bond donors (Lipinski definition) is 1. The van der Waals surface area contributed by atoms with E-state index in [0.717, 1.165) is 6.07 Å². The molecule has 1 amide bonds. The number of nitrogens with one attached hydrogen (secondary N) is 1. The van der Waals surface area contributed by atoms with Gasteiger partial charge in [0.1, 0.15) is 5.03 Å². The van der Waals surface area contributed by atoms with Crippen molar-refractivity contribution >= 4 is 34.3 Å². The Labute approximate surface area is 164 Å². The van der Waals surface area contributed by atoms with Gasteiger partial charge in [-0.05, 0) is 25.1 Å². The van der Waals surface area contributed by atoms with Crippen LogP contribution in [0.2, 0.25) is 0 Å². The van der Waals surface area contributed by atoms with E-state index < -0.39 is 46.3 Å². The summed E-state index contributed by atoms with van der Waals surface area (Å²) in [7, 11) is 0. The molecule has 0 spiro atoms. The van der Waals surface area contributed by atoms with Gasteiger partial charge in [0.25, 0.3) is 0 Å². The molecule has 1 heterocycles. The highest BCUT2D eigenvalue weighted by molar-refractivity contribution is 8.00. The molecule has 29 heavy (non-hydrogen) atoms. The number of fused-ring (bicyclic) bond motifs is 1. The van der Waals surface area contributed by atoms with Gasteiger partial charge in [0.15, 0.2) is 17.5 Å². The molecule has 1 aromatic heterocycles. The first-order chi connectivity index (χ1) is 13.6. The lowest BCUT2D eigenvalue weighted by molar-refractivity contribution is -0.145. The summed E-state index contributed by atoms with van der Waals surface area (Å²) in [5.41, 5.74) is -0.554. The topological polar surface area (TPSA) is 54.9 Å². The van der Waals surface area contributed by atoms with E-state index in [2.05, 4.69) is 15.3 Å². The second-order valence-corrected chi connectivity index (χ2v) is 7.17. The summed E-state index contributed by atoms with van der Waals surface area (Å²) in [6.45, 7) is 1.35. The smallest absolute Gasteiger partial charge is 0.323 e. The van der Waals surface area contributed by atoms with Crippen molar-refractivity contribution in [3.05, 3.63) is 59.7 Å². The molecule has 3 rings (SSSR count). The maximum atomic E-state index is 13.7. The molecule has 0 fully saturated rings. The first-order valence-electron chi connectivity index (χ1n) is 8.03. The number of amides is 1. The van der Waals surface area contributed by atoms with Crippen molar-refractivity contribution in [2.75, 3.05) is 5.32 Å². The molecular formula is C18H11F6N3OS. The number of anilines is 1. The first kappa shape index (κ1) is 20.9. The summed E-state index contributed by atoms with van der Waals surface area (Å²) in [6, 6.07) is 7.43. The predicted octanol–water partition coefficient (Wildman–Crippen LogP) is 5.19. The number of para-hydroxylation sites is 1. The molecule has 0 aliphatic carbocycles. The van der Waals surface area contributed by atoms with Gasteiger partial charge >= 0.3 is 6.18 Å². The number of rotatable bonds is 4. The Balaban J connectivity index is 1.88. The number of aromatic nitrogens is 2. The van der Waals surface area contributed by atoms with Crippen molar-refractivity contribution in [2.45, 2.75) is 23.4 Å². The number of carbonyl (C=O) groups excluding carboxylic acids is 1. The first-order valence-corrected chi connectivity index (χ1v) is 8.91. The zero-order valence-corrected chi connectivity index (χ0v) is 15.3. The molecule has 4 nitrogen and oxygen atoms in total. The van der Waals surface area contributed by atoms with Gasteiger partial charge in [-0.1, -0.05) is 30.0 Å². The molecule has 0 radical (unpaired) electrons. The van der Waals surface area contributed by atoms with Crippen LogP contribution < -0.4 is 5.32 Å². The Morgan fingerprint density at radius 2 is 1.72 bits per heavy atom. The summed E-state index contributed by atoms with van der Waals surface area (Å²) in [6.07, 6.45) is -4.79. The van der Waals surface area contributed by atoms with Crippen LogP contribution in [-0.2, 0) is 11.0 Å². The number of benzene rings is 2. The molecule has 0 bridgehead atoms. The van der Waals surface area contributed by atoms with E-state index in [0.29, 0.717) is 23.2 Å². The quantitative estimate of drug-likeness (QED) is 0.268. The molecule has 11 heteroatoms. The van der Waals surface area contributed by atoms with Gasteiger partial charge in [-0.25, -0.2) is 23.1 Å². The van der Waals surface area contributed by atoms with Gasteiger partial charge in [0.05, 0.1) is 16.5 Å². The molecule has 1 atom stereocenters. The van der Waals surface area contributed by atoms with Crippen LogP contribution in [0.5, 0.6) is 0 Å². The van der Waals surface area contributed by atoms with Gasteiger partial charge in [-0.2, -0.15) is 13.2 Å². The van der Waals surface area contributed by atoms with Crippen LogP contribution in [-0.4, -0.2) is 21.1 Å². The fourth-order valence-corrected chi connectivity index (χ4v) is 3.28. The third-order valence-electron chi connectivity index (χ3n) is 3.77. The molecule has 152 valence electrons. The van der Waals surface area contributed by atoms with Crippen molar-refractivity contribution in [3.8, 4) is 0 Å².